The molecule has 4 heteroatoms. The highest BCUT2D eigenvalue weighted by atomic mass is 16.5. The van der Waals surface area contributed by atoms with Crippen molar-refractivity contribution in [3.63, 3.8) is 0 Å². The van der Waals surface area contributed by atoms with Crippen LogP contribution in [0.1, 0.15) is 6.42 Å². The van der Waals surface area contributed by atoms with Gasteiger partial charge in [0.1, 0.15) is 12.4 Å². The Bertz CT molecular complexity index is 340. The van der Waals surface area contributed by atoms with E-state index in [2.05, 4.69) is 5.32 Å². The van der Waals surface area contributed by atoms with E-state index < -0.39 is 0 Å². The van der Waals surface area contributed by atoms with Crippen LogP contribution in [0.4, 0.5) is 4.79 Å². The summed E-state index contributed by atoms with van der Waals surface area (Å²) >= 11 is 0. The number of carbonyl (C=O) groups is 1. The molecule has 4 nitrogen and oxygen atoms in total. The molecule has 1 saturated heterocycles. The van der Waals surface area contributed by atoms with Crippen LogP contribution in [0.15, 0.2) is 30.3 Å². The summed E-state index contributed by atoms with van der Waals surface area (Å²) in [5, 5.41) is 2.81. The molecular weight excluding hydrogens is 204 g/mol. The predicted molar refractivity (Wildman–Crippen MR) is 61.5 cm³/mol. The molecule has 0 saturated carbocycles. The lowest BCUT2D eigenvalue weighted by Crippen LogP contribution is -2.47. The smallest absolute Gasteiger partial charge is 0.317 e. The summed E-state index contributed by atoms with van der Waals surface area (Å²) in [4.78, 5) is 13.2. The van der Waals surface area contributed by atoms with Gasteiger partial charge in [-0.25, -0.2) is 4.79 Å². The van der Waals surface area contributed by atoms with Crippen LogP contribution in [0.2, 0.25) is 0 Å². The van der Waals surface area contributed by atoms with Gasteiger partial charge in [-0.15, -0.1) is 0 Å². The van der Waals surface area contributed by atoms with Crippen molar-refractivity contribution in [2.75, 3.05) is 26.2 Å². The molecule has 0 radical (unpaired) electrons. The van der Waals surface area contributed by atoms with Crippen LogP contribution < -0.4 is 10.1 Å². The molecule has 1 fully saturated rings. The van der Waals surface area contributed by atoms with Gasteiger partial charge in [-0.3, -0.25) is 0 Å². The summed E-state index contributed by atoms with van der Waals surface area (Å²) in [5.41, 5.74) is 0. The first-order valence-corrected chi connectivity index (χ1v) is 5.57. The van der Waals surface area contributed by atoms with Crippen LogP contribution in [0.5, 0.6) is 5.75 Å². The third-order valence-corrected chi connectivity index (χ3v) is 2.54. The zero-order valence-electron chi connectivity index (χ0n) is 9.19. The molecule has 1 N–H and O–H groups in total. The molecule has 0 unspecified atom stereocenters. The van der Waals surface area contributed by atoms with Gasteiger partial charge in [-0.1, -0.05) is 18.2 Å². The highest BCUT2D eigenvalue weighted by molar-refractivity contribution is 5.74. The maximum Gasteiger partial charge on any atom is 0.317 e. The van der Waals surface area contributed by atoms with E-state index in [0.717, 1.165) is 25.3 Å². The third kappa shape index (κ3) is 2.89. The Hall–Kier alpha value is -1.71. The SMILES string of the molecule is O=C1NCCCN1CCOc1ccccc1. The zero-order chi connectivity index (χ0) is 11.2. The van der Waals surface area contributed by atoms with Crippen molar-refractivity contribution in [2.45, 2.75) is 6.42 Å². The number of benzene rings is 1. The summed E-state index contributed by atoms with van der Waals surface area (Å²) in [6.07, 6.45) is 1.01. The van der Waals surface area contributed by atoms with Gasteiger partial charge in [0.2, 0.25) is 0 Å². The topological polar surface area (TPSA) is 41.6 Å². The number of amides is 2. The molecular formula is C12H16N2O2. The van der Waals surface area contributed by atoms with Crippen LogP contribution >= 0.6 is 0 Å². The van der Waals surface area contributed by atoms with Crippen LogP contribution in [0, 0.1) is 0 Å². The number of carbonyl (C=O) groups excluding carboxylic acids is 1. The van der Waals surface area contributed by atoms with Gasteiger partial charge in [0.25, 0.3) is 0 Å². The molecule has 1 aliphatic rings. The van der Waals surface area contributed by atoms with Gasteiger partial charge >= 0.3 is 6.03 Å². The predicted octanol–water partition coefficient (Wildman–Crippen LogP) is 1.48. The van der Waals surface area contributed by atoms with Gasteiger partial charge in [-0.05, 0) is 18.6 Å². The van der Waals surface area contributed by atoms with Gasteiger partial charge in [0.15, 0.2) is 0 Å². The third-order valence-electron chi connectivity index (χ3n) is 2.54. The number of urea groups is 1. The number of nitrogens with one attached hydrogen (secondary N) is 1. The maximum absolute atomic E-state index is 11.4. The molecule has 1 aromatic rings. The molecule has 1 aliphatic heterocycles. The summed E-state index contributed by atoms with van der Waals surface area (Å²) < 4.78 is 5.54. The minimum atomic E-state index is 0.0166. The van der Waals surface area contributed by atoms with E-state index in [0.29, 0.717) is 13.2 Å². The zero-order valence-corrected chi connectivity index (χ0v) is 9.19. The first-order valence-electron chi connectivity index (χ1n) is 5.57. The van der Waals surface area contributed by atoms with Crippen LogP contribution in [-0.4, -0.2) is 37.2 Å². The first-order chi connectivity index (χ1) is 7.86. The molecule has 16 heavy (non-hydrogen) atoms. The highest BCUT2D eigenvalue weighted by Gasteiger charge is 2.16. The molecule has 0 aromatic heterocycles. The summed E-state index contributed by atoms with van der Waals surface area (Å²) in [6, 6.07) is 9.66. The standard InChI is InChI=1S/C12H16N2O2/c15-12-13-7-4-8-14(12)9-10-16-11-5-2-1-3-6-11/h1-3,5-6H,4,7-10H2,(H,13,15). The monoisotopic (exact) mass is 220 g/mol. The molecule has 1 aromatic carbocycles. The Kier molecular flexibility index (Phi) is 3.64. The molecule has 2 amide bonds. The number of rotatable bonds is 4. The van der Waals surface area contributed by atoms with E-state index in [-0.39, 0.29) is 6.03 Å². The van der Waals surface area contributed by atoms with Crippen LogP contribution in [0.25, 0.3) is 0 Å². The normalized spacial score (nSPS) is 15.8. The van der Waals surface area contributed by atoms with Crippen molar-refractivity contribution in [1.29, 1.82) is 0 Å². The van der Waals surface area contributed by atoms with Crippen molar-refractivity contribution in [1.82, 2.24) is 10.2 Å². The molecule has 0 aliphatic carbocycles. The van der Waals surface area contributed by atoms with Crippen LogP contribution in [-0.2, 0) is 0 Å². The van der Waals surface area contributed by atoms with Crippen molar-refractivity contribution in [2.24, 2.45) is 0 Å². The molecule has 2 rings (SSSR count). The second-order valence-electron chi connectivity index (χ2n) is 3.73. The van der Waals surface area contributed by atoms with Crippen molar-refractivity contribution in [3.8, 4) is 5.75 Å². The van der Waals surface area contributed by atoms with Crippen molar-refractivity contribution < 1.29 is 9.53 Å². The lowest BCUT2D eigenvalue weighted by Gasteiger charge is -2.27. The number of ether oxygens (including phenoxy) is 1. The number of nitrogens with zero attached hydrogens (tertiary/aromatic N) is 1. The molecule has 86 valence electrons. The fraction of sp³-hybridized carbons (Fsp3) is 0.417. The highest BCUT2D eigenvalue weighted by Crippen LogP contribution is 2.08. The molecule has 0 atom stereocenters. The summed E-state index contributed by atoms with van der Waals surface area (Å²) in [7, 11) is 0. The minimum absolute atomic E-state index is 0.0166. The van der Waals surface area contributed by atoms with Gasteiger partial charge in [0.05, 0.1) is 6.54 Å². The summed E-state index contributed by atoms with van der Waals surface area (Å²) in [5.74, 6) is 0.847. The lowest BCUT2D eigenvalue weighted by atomic mass is 10.3. The van der Waals surface area contributed by atoms with E-state index in [4.69, 9.17) is 4.74 Å². The Morgan fingerprint density at radius 2 is 2.12 bits per heavy atom. The Balaban J connectivity index is 1.73. The molecule has 1 heterocycles. The van der Waals surface area contributed by atoms with E-state index in [1.54, 1.807) is 4.90 Å². The fourth-order valence-electron chi connectivity index (χ4n) is 1.68. The van der Waals surface area contributed by atoms with Gasteiger partial charge in [-0.2, -0.15) is 0 Å². The lowest BCUT2D eigenvalue weighted by molar-refractivity contribution is 0.171. The Labute approximate surface area is 95.2 Å². The maximum atomic E-state index is 11.4. The largest absolute Gasteiger partial charge is 0.492 e. The van der Waals surface area contributed by atoms with Crippen molar-refractivity contribution >= 4 is 6.03 Å². The second kappa shape index (κ2) is 5.39. The van der Waals surface area contributed by atoms with E-state index in [9.17, 15) is 4.79 Å². The number of para-hydroxylation sites is 1. The van der Waals surface area contributed by atoms with Gasteiger partial charge in [0, 0.05) is 13.1 Å². The van der Waals surface area contributed by atoms with Crippen LogP contribution in [0.3, 0.4) is 0 Å². The molecule has 0 bridgehead atoms. The van der Waals surface area contributed by atoms with Gasteiger partial charge < -0.3 is 15.0 Å². The first kappa shape index (κ1) is 10.8. The second-order valence-corrected chi connectivity index (χ2v) is 3.73. The number of hydrogen-bond acceptors (Lipinski definition) is 2. The van der Waals surface area contributed by atoms with E-state index >= 15 is 0 Å². The van der Waals surface area contributed by atoms with E-state index in [1.807, 2.05) is 30.3 Å². The summed E-state index contributed by atoms with van der Waals surface area (Å²) in [6.45, 7) is 2.79. The van der Waals surface area contributed by atoms with Crippen molar-refractivity contribution in [3.05, 3.63) is 30.3 Å². The fourth-order valence-corrected chi connectivity index (χ4v) is 1.68. The Morgan fingerprint density at radius 3 is 2.88 bits per heavy atom. The number of hydrogen-bond donors (Lipinski definition) is 1. The minimum Gasteiger partial charge on any atom is -0.492 e. The molecule has 0 spiro atoms. The average Bonchev–Trinajstić information content (AvgIpc) is 2.33. The van der Waals surface area contributed by atoms with E-state index in [1.165, 1.54) is 0 Å². The Morgan fingerprint density at radius 1 is 1.31 bits per heavy atom. The quantitative estimate of drug-likeness (QED) is 0.835. The average molecular weight is 220 g/mol.